The Labute approximate surface area is 146 Å². The van der Waals surface area contributed by atoms with Gasteiger partial charge in [-0.2, -0.15) is 0 Å². The van der Waals surface area contributed by atoms with E-state index in [1.165, 1.54) is 0 Å². The molecule has 1 aliphatic rings. The summed E-state index contributed by atoms with van der Waals surface area (Å²) < 4.78 is 16.4. The lowest BCUT2D eigenvalue weighted by Gasteiger charge is -2.40. The van der Waals surface area contributed by atoms with Gasteiger partial charge in [0.25, 0.3) is 0 Å². The van der Waals surface area contributed by atoms with Crippen LogP contribution in [0.1, 0.15) is 49.4 Å². The first-order valence-corrected chi connectivity index (χ1v) is 9.04. The van der Waals surface area contributed by atoms with Crippen LogP contribution in [-0.2, 0) is 14.2 Å². The van der Waals surface area contributed by atoms with Crippen LogP contribution in [0, 0.1) is 5.41 Å². The lowest BCUT2D eigenvalue weighted by atomic mass is 9.84. The maximum absolute atomic E-state index is 11.8. The molecule has 24 heavy (non-hydrogen) atoms. The highest BCUT2D eigenvalue weighted by molar-refractivity contribution is 6.32. The van der Waals surface area contributed by atoms with Crippen molar-refractivity contribution in [1.29, 1.82) is 0 Å². The SMILES string of the molecule is Bc1ccc(C(=O)OCCCCCCOCC2(CC)COC2)cc1. The number of carbonyl (C=O) groups excluding carboxylic acids is 1. The second-order valence-corrected chi connectivity index (χ2v) is 6.82. The van der Waals surface area contributed by atoms with Gasteiger partial charge < -0.3 is 14.2 Å². The highest BCUT2D eigenvalue weighted by atomic mass is 16.5. The van der Waals surface area contributed by atoms with Crippen molar-refractivity contribution in [3.63, 3.8) is 0 Å². The molecule has 0 saturated carbocycles. The summed E-state index contributed by atoms with van der Waals surface area (Å²) >= 11 is 0. The van der Waals surface area contributed by atoms with Crippen molar-refractivity contribution in [2.75, 3.05) is 33.0 Å². The Morgan fingerprint density at radius 1 is 1.12 bits per heavy atom. The average Bonchev–Trinajstić information content (AvgIpc) is 2.56. The van der Waals surface area contributed by atoms with E-state index in [1.54, 1.807) is 0 Å². The van der Waals surface area contributed by atoms with Gasteiger partial charge in [-0.15, -0.1) is 0 Å². The van der Waals surface area contributed by atoms with E-state index in [0.717, 1.165) is 64.0 Å². The number of rotatable bonds is 11. The summed E-state index contributed by atoms with van der Waals surface area (Å²) in [6.45, 7) is 6.00. The summed E-state index contributed by atoms with van der Waals surface area (Å²) in [5.41, 5.74) is 2.05. The predicted molar refractivity (Wildman–Crippen MR) is 97.7 cm³/mol. The van der Waals surface area contributed by atoms with E-state index in [0.29, 0.717) is 12.2 Å². The van der Waals surface area contributed by atoms with E-state index in [2.05, 4.69) is 6.92 Å². The lowest BCUT2D eigenvalue weighted by molar-refractivity contribution is -0.150. The second-order valence-electron chi connectivity index (χ2n) is 6.82. The fourth-order valence-electron chi connectivity index (χ4n) is 2.67. The van der Waals surface area contributed by atoms with E-state index in [-0.39, 0.29) is 11.4 Å². The maximum atomic E-state index is 11.8. The minimum atomic E-state index is -0.231. The molecule has 0 amide bonds. The topological polar surface area (TPSA) is 44.8 Å². The van der Waals surface area contributed by atoms with Gasteiger partial charge in [0.1, 0.15) is 7.85 Å². The zero-order chi connectivity index (χ0) is 17.3. The van der Waals surface area contributed by atoms with Crippen LogP contribution < -0.4 is 5.46 Å². The first-order valence-electron chi connectivity index (χ1n) is 9.04. The third-order valence-corrected chi connectivity index (χ3v) is 4.68. The Balaban J connectivity index is 1.44. The molecule has 5 heteroatoms. The normalized spacial score (nSPS) is 15.7. The van der Waals surface area contributed by atoms with Crippen molar-refractivity contribution in [3.05, 3.63) is 29.8 Å². The zero-order valence-electron chi connectivity index (χ0n) is 15.0. The Morgan fingerprint density at radius 2 is 1.79 bits per heavy atom. The first kappa shape index (κ1) is 19.0. The van der Waals surface area contributed by atoms with E-state index in [4.69, 9.17) is 14.2 Å². The van der Waals surface area contributed by atoms with E-state index in [1.807, 2.05) is 32.1 Å². The van der Waals surface area contributed by atoms with Crippen LogP contribution in [0.5, 0.6) is 0 Å². The molecule has 0 aromatic heterocycles. The van der Waals surface area contributed by atoms with E-state index < -0.39 is 0 Å². The third kappa shape index (κ3) is 5.95. The predicted octanol–water partition coefficient (Wildman–Crippen LogP) is 2.11. The number of benzene rings is 1. The van der Waals surface area contributed by atoms with Gasteiger partial charge in [-0.25, -0.2) is 4.79 Å². The standard InChI is InChI=1S/C19H29BO4/c1-2-19(14-23-15-19)13-22-11-5-3-4-6-12-24-18(21)16-7-9-17(20)10-8-16/h7-10H,2-6,11-15,20H2,1H3. The van der Waals surface area contributed by atoms with Gasteiger partial charge in [0.2, 0.25) is 0 Å². The van der Waals surface area contributed by atoms with Crippen LogP contribution in [-0.4, -0.2) is 46.8 Å². The van der Waals surface area contributed by atoms with Crippen molar-refractivity contribution in [2.24, 2.45) is 5.41 Å². The molecule has 0 unspecified atom stereocenters. The van der Waals surface area contributed by atoms with Crippen molar-refractivity contribution in [3.8, 4) is 0 Å². The smallest absolute Gasteiger partial charge is 0.338 e. The number of esters is 1. The Morgan fingerprint density at radius 3 is 2.38 bits per heavy atom. The largest absolute Gasteiger partial charge is 0.462 e. The maximum Gasteiger partial charge on any atom is 0.338 e. The number of hydrogen-bond acceptors (Lipinski definition) is 4. The molecule has 1 aromatic carbocycles. The fourth-order valence-corrected chi connectivity index (χ4v) is 2.67. The van der Waals surface area contributed by atoms with Crippen molar-refractivity contribution >= 4 is 19.3 Å². The van der Waals surface area contributed by atoms with Crippen LogP contribution in [0.2, 0.25) is 0 Å². The summed E-state index contributed by atoms with van der Waals surface area (Å²) in [7, 11) is 2.00. The Hall–Kier alpha value is -1.33. The van der Waals surface area contributed by atoms with Gasteiger partial charge in [-0.1, -0.05) is 30.9 Å². The number of ether oxygens (including phenoxy) is 3. The summed E-state index contributed by atoms with van der Waals surface area (Å²) in [4.78, 5) is 11.8. The van der Waals surface area contributed by atoms with Gasteiger partial charge in [0, 0.05) is 12.0 Å². The van der Waals surface area contributed by atoms with E-state index >= 15 is 0 Å². The molecule has 1 heterocycles. The van der Waals surface area contributed by atoms with Gasteiger partial charge >= 0.3 is 5.97 Å². The van der Waals surface area contributed by atoms with Gasteiger partial charge in [0.05, 0.1) is 32.0 Å². The third-order valence-electron chi connectivity index (χ3n) is 4.68. The van der Waals surface area contributed by atoms with Gasteiger partial charge in [0.15, 0.2) is 0 Å². The number of hydrogen-bond donors (Lipinski definition) is 0. The molecule has 1 aromatic rings. The van der Waals surface area contributed by atoms with Gasteiger partial charge in [-0.05, 0) is 37.8 Å². The molecule has 0 bridgehead atoms. The minimum Gasteiger partial charge on any atom is -0.462 e. The molecule has 1 aliphatic heterocycles. The second kappa shape index (κ2) is 9.85. The monoisotopic (exact) mass is 332 g/mol. The highest BCUT2D eigenvalue weighted by Crippen LogP contribution is 2.31. The molecule has 0 aliphatic carbocycles. The van der Waals surface area contributed by atoms with Crippen LogP contribution in [0.15, 0.2) is 24.3 Å². The molecule has 2 rings (SSSR count). The molecule has 0 N–H and O–H groups in total. The molecular weight excluding hydrogens is 303 g/mol. The number of unbranched alkanes of at least 4 members (excludes halogenated alkanes) is 3. The molecule has 1 fully saturated rings. The zero-order valence-corrected chi connectivity index (χ0v) is 15.0. The summed E-state index contributed by atoms with van der Waals surface area (Å²) in [6, 6.07) is 7.47. The molecular formula is C19H29BO4. The average molecular weight is 332 g/mol. The number of carbonyl (C=O) groups is 1. The molecule has 4 nitrogen and oxygen atoms in total. The molecule has 1 saturated heterocycles. The lowest BCUT2D eigenvalue weighted by Crippen LogP contribution is -2.45. The quantitative estimate of drug-likeness (QED) is 0.354. The fraction of sp³-hybridized carbons (Fsp3) is 0.632. The van der Waals surface area contributed by atoms with Crippen LogP contribution in [0.3, 0.4) is 0 Å². The highest BCUT2D eigenvalue weighted by Gasteiger charge is 2.36. The molecule has 132 valence electrons. The summed E-state index contributed by atoms with van der Waals surface area (Å²) in [5, 5.41) is 0. The minimum absolute atomic E-state index is 0.231. The van der Waals surface area contributed by atoms with Gasteiger partial charge in [-0.3, -0.25) is 0 Å². The van der Waals surface area contributed by atoms with Crippen molar-refractivity contribution in [2.45, 2.75) is 39.0 Å². The van der Waals surface area contributed by atoms with Crippen LogP contribution >= 0.6 is 0 Å². The Bertz CT molecular complexity index is 491. The molecule has 0 atom stereocenters. The van der Waals surface area contributed by atoms with Crippen molar-refractivity contribution < 1.29 is 19.0 Å². The molecule has 0 spiro atoms. The first-order chi connectivity index (χ1) is 11.7. The van der Waals surface area contributed by atoms with Crippen LogP contribution in [0.4, 0.5) is 0 Å². The summed E-state index contributed by atoms with van der Waals surface area (Å²) in [6.07, 6.45) is 5.26. The molecule has 0 radical (unpaired) electrons. The van der Waals surface area contributed by atoms with Crippen LogP contribution in [0.25, 0.3) is 0 Å². The van der Waals surface area contributed by atoms with E-state index in [9.17, 15) is 4.79 Å². The summed E-state index contributed by atoms with van der Waals surface area (Å²) in [5.74, 6) is -0.231. The Kier molecular flexibility index (Phi) is 7.80. The van der Waals surface area contributed by atoms with Crippen molar-refractivity contribution in [1.82, 2.24) is 0 Å².